The zero-order valence-corrected chi connectivity index (χ0v) is 9.80. The van der Waals surface area contributed by atoms with E-state index in [-0.39, 0.29) is 6.04 Å². The van der Waals surface area contributed by atoms with Crippen LogP contribution in [0.1, 0.15) is 18.3 Å². The minimum absolute atomic E-state index is 0.206. The minimum atomic E-state index is 0.206. The van der Waals surface area contributed by atoms with Gasteiger partial charge >= 0.3 is 0 Å². The van der Waals surface area contributed by atoms with Crippen LogP contribution in [0.5, 0.6) is 0 Å². The molecule has 1 fully saturated rings. The van der Waals surface area contributed by atoms with Crippen LogP contribution >= 0.6 is 0 Å². The zero-order chi connectivity index (χ0) is 11.5. The second-order valence-corrected chi connectivity index (χ2v) is 4.31. The number of nitrogen functional groups attached to an aromatic ring is 1. The quantitative estimate of drug-likeness (QED) is 0.707. The second-order valence-electron chi connectivity index (χ2n) is 4.31. The van der Waals surface area contributed by atoms with E-state index in [1.165, 1.54) is 12.7 Å². The smallest absolute Gasteiger partial charge is 0.223 e. The van der Waals surface area contributed by atoms with Crippen LogP contribution in [0.2, 0.25) is 0 Å². The van der Waals surface area contributed by atoms with Crippen molar-refractivity contribution in [1.82, 2.24) is 24.8 Å². The molecule has 0 spiro atoms. The van der Waals surface area contributed by atoms with Gasteiger partial charge < -0.3 is 10.6 Å². The van der Waals surface area contributed by atoms with Crippen LogP contribution < -0.4 is 5.73 Å². The van der Waals surface area contributed by atoms with Crippen molar-refractivity contribution >= 4 is 5.95 Å². The van der Waals surface area contributed by atoms with E-state index in [2.05, 4.69) is 38.8 Å². The van der Waals surface area contributed by atoms with Crippen LogP contribution in [-0.4, -0.2) is 58.5 Å². The SMILES string of the molecule is CN1CCCN(C)C(c2ncnc(N)n2)C1. The molecule has 88 valence electrons. The van der Waals surface area contributed by atoms with Gasteiger partial charge in [-0.05, 0) is 33.6 Å². The van der Waals surface area contributed by atoms with E-state index in [9.17, 15) is 0 Å². The molecule has 0 saturated carbocycles. The molecule has 1 unspecified atom stereocenters. The minimum Gasteiger partial charge on any atom is -0.368 e. The van der Waals surface area contributed by atoms with E-state index in [4.69, 9.17) is 5.73 Å². The topological polar surface area (TPSA) is 71.2 Å². The summed E-state index contributed by atoms with van der Waals surface area (Å²) in [4.78, 5) is 16.8. The number of aromatic nitrogens is 3. The van der Waals surface area contributed by atoms with Gasteiger partial charge in [-0.1, -0.05) is 0 Å². The highest BCUT2D eigenvalue weighted by molar-refractivity contribution is 5.14. The van der Waals surface area contributed by atoms with Crippen LogP contribution in [0.4, 0.5) is 5.95 Å². The summed E-state index contributed by atoms with van der Waals surface area (Å²) in [6.07, 6.45) is 2.65. The first-order valence-corrected chi connectivity index (χ1v) is 5.50. The zero-order valence-electron chi connectivity index (χ0n) is 9.80. The summed E-state index contributed by atoms with van der Waals surface area (Å²) in [6.45, 7) is 3.10. The lowest BCUT2D eigenvalue weighted by Gasteiger charge is -2.25. The number of rotatable bonds is 1. The highest BCUT2D eigenvalue weighted by Crippen LogP contribution is 2.19. The Labute approximate surface area is 95.5 Å². The number of nitrogens with two attached hydrogens (primary N) is 1. The fourth-order valence-corrected chi connectivity index (χ4v) is 2.03. The van der Waals surface area contributed by atoms with Gasteiger partial charge in [0.1, 0.15) is 6.33 Å². The van der Waals surface area contributed by atoms with Gasteiger partial charge in [0, 0.05) is 6.54 Å². The molecule has 0 bridgehead atoms. The molecule has 1 aromatic rings. The average molecular weight is 222 g/mol. The van der Waals surface area contributed by atoms with Crippen molar-refractivity contribution < 1.29 is 0 Å². The van der Waals surface area contributed by atoms with Crippen molar-refractivity contribution in [2.24, 2.45) is 0 Å². The van der Waals surface area contributed by atoms with Gasteiger partial charge in [-0.3, -0.25) is 4.90 Å². The van der Waals surface area contributed by atoms with Crippen LogP contribution in [0.15, 0.2) is 6.33 Å². The third-order valence-electron chi connectivity index (χ3n) is 2.97. The number of hydrogen-bond donors (Lipinski definition) is 1. The third-order valence-corrected chi connectivity index (χ3v) is 2.97. The van der Waals surface area contributed by atoms with E-state index >= 15 is 0 Å². The predicted molar refractivity (Wildman–Crippen MR) is 61.7 cm³/mol. The standard InChI is InChI=1S/C10H18N6/c1-15-4-3-5-16(2)8(6-15)9-12-7-13-10(11)14-9/h7-8H,3-6H2,1-2H3,(H2,11,12,13,14). The molecule has 1 aromatic heterocycles. The maximum Gasteiger partial charge on any atom is 0.223 e. The van der Waals surface area contributed by atoms with Crippen molar-refractivity contribution in [3.05, 3.63) is 12.2 Å². The molecule has 6 heteroatoms. The summed E-state index contributed by atoms with van der Waals surface area (Å²) < 4.78 is 0. The van der Waals surface area contributed by atoms with Crippen LogP contribution in [-0.2, 0) is 0 Å². The Morgan fingerprint density at radius 1 is 1.31 bits per heavy atom. The third kappa shape index (κ3) is 2.45. The van der Waals surface area contributed by atoms with Crippen LogP contribution in [0, 0.1) is 0 Å². The Kier molecular flexibility index (Phi) is 3.31. The Morgan fingerprint density at radius 2 is 2.12 bits per heavy atom. The summed E-state index contributed by atoms with van der Waals surface area (Å²) in [7, 11) is 4.22. The van der Waals surface area contributed by atoms with E-state index < -0.39 is 0 Å². The summed E-state index contributed by atoms with van der Waals surface area (Å²) in [5.41, 5.74) is 5.59. The van der Waals surface area contributed by atoms with Gasteiger partial charge in [0.15, 0.2) is 5.82 Å². The second kappa shape index (κ2) is 4.71. The van der Waals surface area contributed by atoms with Gasteiger partial charge in [0.2, 0.25) is 5.95 Å². The number of hydrogen-bond acceptors (Lipinski definition) is 6. The Hall–Kier alpha value is -1.27. The molecule has 0 amide bonds. The van der Waals surface area contributed by atoms with E-state index in [1.807, 2.05) is 0 Å². The molecule has 1 aliphatic rings. The molecule has 2 rings (SSSR count). The lowest BCUT2D eigenvalue weighted by molar-refractivity contribution is 0.219. The highest BCUT2D eigenvalue weighted by Gasteiger charge is 2.24. The fourth-order valence-electron chi connectivity index (χ4n) is 2.03. The molecule has 16 heavy (non-hydrogen) atoms. The first-order valence-electron chi connectivity index (χ1n) is 5.50. The monoisotopic (exact) mass is 222 g/mol. The van der Waals surface area contributed by atoms with E-state index in [0.29, 0.717) is 5.95 Å². The van der Waals surface area contributed by atoms with Gasteiger partial charge in [0.05, 0.1) is 6.04 Å². The maximum absolute atomic E-state index is 5.59. The van der Waals surface area contributed by atoms with Gasteiger partial charge in [-0.25, -0.2) is 9.97 Å². The largest absolute Gasteiger partial charge is 0.368 e. The fraction of sp³-hybridized carbons (Fsp3) is 0.700. The Bertz CT molecular complexity index is 355. The summed E-state index contributed by atoms with van der Waals surface area (Å²) in [5, 5.41) is 0. The molecule has 1 saturated heterocycles. The molecular weight excluding hydrogens is 204 g/mol. The van der Waals surface area contributed by atoms with Crippen molar-refractivity contribution in [1.29, 1.82) is 0 Å². The van der Waals surface area contributed by atoms with Gasteiger partial charge in [-0.2, -0.15) is 4.98 Å². The van der Waals surface area contributed by atoms with Crippen LogP contribution in [0.25, 0.3) is 0 Å². The molecule has 6 nitrogen and oxygen atoms in total. The highest BCUT2D eigenvalue weighted by atomic mass is 15.2. The van der Waals surface area contributed by atoms with Crippen molar-refractivity contribution in [3.8, 4) is 0 Å². The molecule has 2 N–H and O–H groups in total. The normalized spacial score (nSPS) is 24.2. The number of likely N-dealkylation sites (N-methyl/N-ethyl adjacent to an activating group) is 2. The number of nitrogens with zero attached hydrogens (tertiary/aromatic N) is 5. The Balaban J connectivity index is 2.22. The van der Waals surface area contributed by atoms with Gasteiger partial charge in [0.25, 0.3) is 0 Å². The molecule has 0 aliphatic carbocycles. The molecule has 1 aliphatic heterocycles. The number of anilines is 1. The van der Waals surface area contributed by atoms with Crippen molar-refractivity contribution in [2.75, 3.05) is 39.5 Å². The van der Waals surface area contributed by atoms with Crippen molar-refractivity contribution in [3.63, 3.8) is 0 Å². The van der Waals surface area contributed by atoms with Crippen molar-refractivity contribution in [2.45, 2.75) is 12.5 Å². The first-order chi connectivity index (χ1) is 7.66. The lowest BCUT2D eigenvalue weighted by Crippen LogP contribution is -2.32. The van der Waals surface area contributed by atoms with E-state index in [0.717, 1.165) is 25.5 Å². The molecule has 0 aromatic carbocycles. The maximum atomic E-state index is 5.59. The molecule has 0 radical (unpaired) electrons. The van der Waals surface area contributed by atoms with Gasteiger partial charge in [-0.15, -0.1) is 0 Å². The average Bonchev–Trinajstić information content (AvgIpc) is 2.41. The lowest BCUT2D eigenvalue weighted by atomic mass is 10.2. The first kappa shape index (κ1) is 11.2. The molecule has 2 heterocycles. The Morgan fingerprint density at radius 3 is 2.88 bits per heavy atom. The predicted octanol–water partition coefficient (Wildman–Crippen LogP) is -0.238. The van der Waals surface area contributed by atoms with Crippen LogP contribution in [0.3, 0.4) is 0 Å². The molecule has 1 atom stereocenters. The summed E-state index contributed by atoms with van der Waals surface area (Å²) >= 11 is 0. The summed E-state index contributed by atoms with van der Waals surface area (Å²) in [6, 6.07) is 0.206. The molecular formula is C10H18N6. The summed E-state index contributed by atoms with van der Waals surface area (Å²) in [5.74, 6) is 1.06. The van der Waals surface area contributed by atoms with E-state index in [1.54, 1.807) is 0 Å².